The third-order valence-electron chi connectivity index (χ3n) is 5.40. The van der Waals surface area contributed by atoms with E-state index in [1.807, 2.05) is 0 Å². The summed E-state index contributed by atoms with van der Waals surface area (Å²) < 4.78 is 59.1. The molecule has 1 amide bonds. The second-order valence-electron chi connectivity index (χ2n) is 7.26. The van der Waals surface area contributed by atoms with Crippen molar-refractivity contribution in [3.8, 4) is 0 Å². The minimum Gasteiger partial charge on any atom is -0.381 e. The lowest BCUT2D eigenvalue weighted by molar-refractivity contribution is -0.137. The van der Waals surface area contributed by atoms with Gasteiger partial charge < -0.3 is 15.8 Å². The molecule has 3 N–H and O–H groups in total. The van der Waals surface area contributed by atoms with Gasteiger partial charge in [-0.15, -0.1) is 0 Å². The lowest BCUT2D eigenvalue weighted by Crippen LogP contribution is -2.47. The number of anilines is 1. The molecule has 11 heteroatoms. The maximum atomic E-state index is 15.5. The first-order valence-corrected chi connectivity index (χ1v) is 10.4. The first-order valence-electron chi connectivity index (χ1n) is 9.40. The number of nitrogens with zero attached hydrogens (tertiary/aromatic N) is 2. The number of rotatable bonds is 3. The highest BCUT2D eigenvalue weighted by Gasteiger charge is 2.47. The summed E-state index contributed by atoms with van der Waals surface area (Å²) in [5, 5.41) is 2.76. The third kappa shape index (κ3) is 4.11. The standard InChI is InChI=1S/C20H18F4N4O2S/c21-16-13(19-6-7-30-9-12(19)10-31-18(25)28-19)2-1-3-14(16)27-17(29)15-5-4-11(8-26-15)20(22,23)24/h1-5,8,12H,6-7,9-10H2,(H2,25,28)(H,27,29). The molecule has 0 radical (unpaired) electrons. The van der Waals surface area contributed by atoms with Crippen molar-refractivity contribution in [3.63, 3.8) is 0 Å². The van der Waals surface area contributed by atoms with Crippen molar-refractivity contribution in [3.05, 3.63) is 59.2 Å². The quantitative estimate of drug-likeness (QED) is 0.689. The Kier molecular flexibility index (Phi) is 5.65. The molecule has 0 aliphatic carbocycles. The van der Waals surface area contributed by atoms with Crippen molar-refractivity contribution in [2.24, 2.45) is 16.6 Å². The topological polar surface area (TPSA) is 89.6 Å². The van der Waals surface area contributed by atoms with Gasteiger partial charge in [-0.2, -0.15) is 13.2 Å². The average Bonchev–Trinajstić information content (AvgIpc) is 2.74. The van der Waals surface area contributed by atoms with Crippen LogP contribution in [0.3, 0.4) is 0 Å². The fourth-order valence-corrected chi connectivity index (χ4v) is 4.77. The summed E-state index contributed by atoms with van der Waals surface area (Å²) in [5.41, 5.74) is 3.98. The summed E-state index contributed by atoms with van der Waals surface area (Å²) in [6, 6.07) is 6.25. The van der Waals surface area contributed by atoms with E-state index in [0.717, 1.165) is 12.1 Å². The predicted molar refractivity (Wildman–Crippen MR) is 108 cm³/mol. The summed E-state index contributed by atoms with van der Waals surface area (Å²) in [6.07, 6.45) is -3.57. The molecule has 1 aromatic heterocycles. The zero-order chi connectivity index (χ0) is 22.2. The van der Waals surface area contributed by atoms with Gasteiger partial charge in [-0.25, -0.2) is 4.39 Å². The Bertz CT molecular complexity index is 1030. The highest BCUT2D eigenvalue weighted by molar-refractivity contribution is 8.13. The van der Waals surface area contributed by atoms with E-state index in [-0.39, 0.29) is 17.3 Å². The molecular formula is C20H18F4N4O2S. The Hall–Kier alpha value is -2.66. The van der Waals surface area contributed by atoms with E-state index in [0.29, 0.717) is 42.3 Å². The van der Waals surface area contributed by atoms with Crippen LogP contribution < -0.4 is 11.1 Å². The van der Waals surface area contributed by atoms with Crippen LogP contribution in [0.4, 0.5) is 23.2 Å². The molecule has 1 aromatic carbocycles. The number of ether oxygens (including phenoxy) is 1. The van der Waals surface area contributed by atoms with E-state index < -0.39 is 29.0 Å². The molecule has 2 aliphatic heterocycles. The number of thioether (sulfide) groups is 1. The van der Waals surface area contributed by atoms with Gasteiger partial charge in [0.05, 0.1) is 23.4 Å². The Morgan fingerprint density at radius 2 is 2.10 bits per heavy atom. The number of pyridine rings is 1. The van der Waals surface area contributed by atoms with Gasteiger partial charge in [0.1, 0.15) is 5.69 Å². The molecule has 6 nitrogen and oxygen atoms in total. The van der Waals surface area contributed by atoms with Gasteiger partial charge in [0.2, 0.25) is 0 Å². The SMILES string of the molecule is NC1=NC2(c3cccc(NC(=O)c4ccc(C(F)(F)F)cn4)c3F)CCOCC2CS1. The highest BCUT2D eigenvalue weighted by Crippen LogP contribution is 2.46. The van der Waals surface area contributed by atoms with Crippen molar-refractivity contribution < 1.29 is 27.1 Å². The van der Waals surface area contributed by atoms with Gasteiger partial charge in [-0.3, -0.25) is 14.8 Å². The second-order valence-corrected chi connectivity index (χ2v) is 8.30. The van der Waals surface area contributed by atoms with Crippen LogP contribution in [0, 0.1) is 11.7 Å². The Balaban J connectivity index is 1.64. The number of hydrogen-bond acceptors (Lipinski definition) is 6. The zero-order valence-corrected chi connectivity index (χ0v) is 16.9. The molecule has 3 heterocycles. The Morgan fingerprint density at radius 1 is 1.29 bits per heavy atom. The van der Waals surface area contributed by atoms with Crippen LogP contribution in [-0.2, 0) is 16.5 Å². The molecular weight excluding hydrogens is 436 g/mol. The number of benzene rings is 1. The normalized spacial score (nSPS) is 23.6. The molecule has 2 unspecified atom stereocenters. The zero-order valence-electron chi connectivity index (χ0n) is 16.1. The van der Waals surface area contributed by atoms with E-state index in [1.165, 1.54) is 17.8 Å². The van der Waals surface area contributed by atoms with Crippen molar-refractivity contribution in [1.82, 2.24) is 4.98 Å². The molecule has 0 saturated carbocycles. The number of aromatic nitrogens is 1. The molecule has 164 valence electrons. The number of fused-ring (bicyclic) bond motifs is 1. The number of aliphatic imine (C=N–C) groups is 1. The second kappa shape index (κ2) is 8.12. The fourth-order valence-electron chi connectivity index (χ4n) is 3.80. The maximum absolute atomic E-state index is 15.5. The minimum atomic E-state index is -4.57. The van der Waals surface area contributed by atoms with E-state index in [2.05, 4.69) is 15.3 Å². The molecule has 2 aromatic rings. The van der Waals surface area contributed by atoms with Crippen molar-refractivity contribution in [1.29, 1.82) is 0 Å². The predicted octanol–water partition coefficient (Wildman–Crippen LogP) is 3.79. The average molecular weight is 454 g/mol. The highest BCUT2D eigenvalue weighted by atomic mass is 32.2. The summed E-state index contributed by atoms with van der Waals surface area (Å²) in [7, 11) is 0. The fraction of sp³-hybridized carbons (Fsp3) is 0.350. The summed E-state index contributed by atoms with van der Waals surface area (Å²) in [5.74, 6) is -0.956. The number of nitrogens with two attached hydrogens (primary N) is 1. The largest absolute Gasteiger partial charge is 0.417 e. The van der Waals surface area contributed by atoms with Crippen LogP contribution in [0.25, 0.3) is 0 Å². The molecule has 0 bridgehead atoms. The lowest BCUT2D eigenvalue weighted by Gasteiger charge is -2.44. The molecule has 2 aliphatic rings. The van der Waals surface area contributed by atoms with Gasteiger partial charge in [0, 0.05) is 36.5 Å². The third-order valence-corrected chi connectivity index (χ3v) is 6.36. The van der Waals surface area contributed by atoms with Gasteiger partial charge in [0.25, 0.3) is 5.91 Å². The van der Waals surface area contributed by atoms with Gasteiger partial charge in [-0.1, -0.05) is 23.9 Å². The van der Waals surface area contributed by atoms with Gasteiger partial charge >= 0.3 is 6.18 Å². The van der Waals surface area contributed by atoms with E-state index in [9.17, 15) is 18.0 Å². The number of halogens is 4. The number of alkyl halides is 3. The summed E-state index contributed by atoms with van der Waals surface area (Å²) in [4.78, 5) is 20.6. The van der Waals surface area contributed by atoms with Crippen LogP contribution in [-0.4, -0.2) is 35.0 Å². The van der Waals surface area contributed by atoms with E-state index in [4.69, 9.17) is 10.5 Å². The number of carbonyl (C=O) groups excluding carboxylic acids is 1. The number of amidine groups is 1. The van der Waals surface area contributed by atoms with Crippen LogP contribution in [0.2, 0.25) is 0 Å². The molecule has 1 saturated heterocycles. The van der Waals surface area contributed by atoms with Crippen LogP contribution in [0.1, 0.15) is 28.0 Å². The molecule has 2 atom stereocenters. The number of nitrogens with one attached hydrogen (secondary N) is 1. The summed E-state index contributed by atoms with van der Waals surface area (Å²) >= 11 is 1.38. The van der Waals surface area contributed by atoms with Crippen LogP contribution in [0.15, 0.2) is 41.5 Å². The smallest absolute Gasteiger partial charge is 0.381 e. The monoisotopic (exact) mass is 454 g/mol. The van der Waals surface area contributed by atoms with Gasteiger partial charge in [-0.05, 0) is 18.2 Å². The van der Waals surface area contributed by atoms with Crippen molar-refractivity contribution in [2.45, 2.75) is 18.1 Å². The minimum absolute atomic E-state index is 0.0874. The van der Waals surface area contributed by atoms with E-state index >= 15 is 4.39 Å². The van der Waals surface area contributed by atoms with Crippen LogP contribution in [0.5, 0.6) is 0 Å². The maximum Gasteiger partial charge on any atom is 0.417 e. The van der Waals surface area contributed by atoms with Crippen molar-refractivity contribution >= 4 is 28.5 Å². The lowest BCUT2D eigenvalue weighted by atomic mass is 9.75. The Labute approximate surface area is 179 Å². The number of hydrogen-bond donors (Lipinski definition) is 2. The first-order chi connectivity index (χ1) is 14.7. The molecule has 1 fully saturated rings. The molecule has 4 rings (SSSR count). The number of amides is 1. The first kappa shape index (κ1) is 21.6. The van der Waals surface area contributed by atoms with Gasteiger partial charge in [0.15, 0.2) is 11.0 Å². The van der Waals surface area contributed by atoms with E-state index in [1.54, 1.807) is 12.1 Å². The molecule has 31 heavy (non-hydrogen) atoms. The Morgan fingerprint density at radius 3 is 2.81 bits per heavy atom. The molecule has 0 spiro atoms. The number of carbonyl (C=O) groups is 1. The van der Waals surface area contributed by atoms with Crippen LogP contribution >= 0.6 is 11.8 Å². The van der Waals surface area contributed by atoms with Crippen molar-refractivity contribution in [2.75, 3.05) is 24.3 Å². The summed E-state index contributed by atoms with van der Waals surface area (Å²) in [6.45, 7) is 0.804.